The lowest BCUT2D eigenvalue weighted by molar-refractivity contribution is -0.146. The summed E-state index contributed by atoms with van der Waals surface area (Å²) in [6.07, 6.45) is 7.30. The third-order valence-electron chi connectivity index (χ3n) is 6.65. The second-order valence-corrected chi connectivity index (χ2v) is 8.78. The van der Waals surface area contributed by atoms with Gasteiger partial charge in [-0.3, -0.25) is 4.79 Å². The molecule has 0 spiro atoms. The summed E-state index contributed by atoms with van der Waals surface area (Å²) in [5.74, 6) is 2.50. The quantitative estimate of drug-likeness (QED) is 0.670. The lowest BCUT2D eigenvalue weighted by Crippen LogP contribution is -2.52. The number of carbonyl (C=O) groups excluding carboxylic acids is 1. The zero-order valence-corrected chi connectivity index (χ0v) is 15.6. The molecule has 4 saturated carbocycles. The summed E-state index contributed by atoms with van der Waals surface area (Å²) in [6, 6.07) is 8.28. The van der Waals surface area contributed by atoms with Gasteiger partial charge in [0.25, 0.3) is 0 Å². The van der Waals surface area contributed by atoms with Gasteiger partial charge in [0.2, 0.25) is 5.91 Å². The first-order valence-electron chi connectivity index (χ1n) is 9.58. The van der Waals surface area contributed by atoms with Gasteiger partial charge in [-0.1, -0.05) is 12.1 Å². The van der Waals surface area contributed by atoms with Gasteiger partial charge in [0.15, 0.2) is 0 Å². The summed E-state index contributed by atoms with van der Waals surface area (Å²) in [6.45, 7) is 1.96. The first-order chi connectivity index (χ1) is 11.9. The minimum Gasteiger partial charge on any atom is -0.378 e. The van der Waals surface area contributed by atoms with Crippen LogP contribution in [0.1, 0.15) is 51.0 Å². The van der Waals surface area contributed by atoms with E-state index in [-0.39, 0.29) is 11.3 Å². The van der Waals surface area contributed by atoms with E-state index in [9.17, 15) is 4.79 Å². The Labute approximate surface area is 150 Å². The summed E-state index contributed by atoms with van der Waals surface area (Å²) >= 11 is 0. The second-order valence-electron chi connectivity index (χ2n) is 8.78. The molecule has 4 nitrogen and oxygen atoms in total. The van der Waals surface area contributed by atoms with Gasteiger partial charge < -0.3 is 4.90 Å². The third-order valence-corrected chi connectivity index (χ3v) is 6.65. The Balaban J connectivity index is 1.45. The molecule has 1 N–H and O–H groups in total. The smallest absolute Gasteiger partial charge is 0.246 e. The zero-order chi connectivity index (χ0) is 17.6. The largest absolute Gasteiger partial charge is 0.378 e. The lowest BCUT2D eigenvalue weighted by Gasteiger charge is -2.55. The van der Waals surface area contributed by atoms with Gasteiger partial charge in [-0.05, 0) is 80.9 Å². The van der Waals surface area contributed by atoms with Crippen LogP contribution in [0, 0.1) is 23.2 Å². The van der Waals surface area contributed by atoms with Crippen LogP contribution in [0.3, 0.4) is 0 Å². The fourth-order valence-corrected chi connectivity index (χ4v) is 5.71. The highest BCUT2D eigenvalue weighted by Gasteiger charge is 2.54. The number of hydrogen-bond acceptors (Lipinski definition) is 3. The zero-order valence-electron chi connectivity index (χ0n) is 15.6. The predicted octanol–water partition coefficient (Wildman–Crippen LogP) is 3.81. The molecule has 0 saturated heterocycles. The first kappa shape index (κ1) is 16.6. The number of hydrazone groups is 1. The molecule has 0 heterocycles. The molecule has 1 aromatic rings. The number of nitrogens with zero attached hydrogens (tertiary/aromatic N) is 2. The van der Waals surface area contributed by atoms with E-state index in [1.54, 1.807) is 0 Å². The van der Waals surface area contributed by atoms with E-state index in [1.165, 1.54) is 19.3 Å². The Hall–Kier alpha value is -1.84. The highest BCUT2D eigenvalue weighted by molar-refractivity contribution is 5.99. The Bertz CT molecular complexity index is 654. The molecule has 4 bridgehead atoms. The minimum atomic E-state index is -0.132. The molecule has 4 heteroatoms. The monoisotopic (exact) mass is 339 g/mol. The van der Waals surface area contributed by atoms with Crippen LogP contribution in [0.4, 0.5) is 5.69 Å². The van der Waals surface area contributed by atoms with E-state index < -0.39 is 0 Å². The van der Waals surface area contributed by atoms with Crippen molar-refractivity contribution in [1.29, 1.82) is 0 Å². The van der Waals surface area contributed by atoms with Crippen LogP contribution in [-0.4, -0.2) is 25.7 Å². The number of anilines is 1. The van der Waals surface area contributed by atoms with E-state index in [4.69, 9.17) is 0 Å². The lowest BCUT2D eigenvalue weighted by atomic mass is 9.49. The topological polar surface area (TPSA) is 44.7 Å². The van der Waals surface area contributed by atoms with E-state index in [2.05, 4.69) is 39.7 Å². The molecule has 4 aliphatic carbocycles. The fraction of sp³-hybridized carbons (Fsp3) is 0.619. The molecular weight excluding hydrogens is 310 g/mol. The van der Waals surface area contributed by atoms with Gasteiger partial charge in [0.1, 0.15) is 0 Å². The number of carbonyl (C=O) groups is 1. The number of nitrogens with one attached hydrogen (secondary N) is 1. The van der Waals surface area contributed by atoms with Gasteiger partial charge in [0, 0.05) is 19.8 Å². The summed E-state index contributed by atoms with van der Waals surface area (Å²) < 4.78 is 0. The van der Waals surface area contributed by atoms with E-state index in [1.807, 2.05) is 21.0 Å². The number of benzene rings is 1. The Kier molecular flexibility index (Phi) is 4.09. The van der Waals surface area contributed by atoms with Crippen molar-refractivity contribution < 1.29 is 4.79 Å². The molecule has 5 rings (SSSR count). The molecule has 0 unspecified atom stereocenters. The normalized spacial score (nSPS) is 33.4. The summed E-state index contributed by atoms with van der Waals surface area (Å²) in [5, 5.41) is 4.43. The maximum atomic E-state index is 13.0. The van der Waals surface area contributed by atoms with Crippen molar-refractivity contribution in [2.24, 2.45) is 28.3 Å². The van der Waals surface area contributed by atoms with Gasteiger partial charge >= 0.3 is 0 Å². The van der Waals surface area contributed by atoms with Crippen LogP contribution < -0.4 is 10.3 Å². The number of amides is 1. The number of rotatable bonds is 4. The van der Waals surface area contributed by atoms with E-state index in [0.29, 0.717) is 0 Å². The maximum Gasteiger partial charge on any atom is 0.246 e. The summed E-state index contributed by atoms with van der Waals surface area (Å²) in [4.78, 5) is 15.0. The highest BCUT2D eigenvalue weighted by atomic mass is 16.2. The molecule has 1 aromatic carbocycles. The maximum absolute atomic E-state index is 13.0. The van der Waals surface area contributed by atoms with Crippen LogP contribution in [0.15, 0.2) is 29.4 Å². The van der Waals surface area contributed by atoms with Crippen molar-refractivity contribution in [2.45, 2.75) is 45.4 Å². The standard InChI is InChI=1S/C21H29N3O/c1-14(18-4-6-19(7-5-18)24(2)3)22-23-20(25)21-11-15-8-16(12-21)10-17(9-15)13-21/h4-7,15-17H,8-13H2,1-3H3,(H,23,25)/b22-14+. The van der Waals surface area contributed by atoms with Crippen molar-refractivity contribution in [3.8, 4) is 0 Å². The van der Waals surface area contributed by atoms with Crippen molar-refractivity contribution in [3.05, 3.63) is 29.8 Å². The molecule has 134 valence electrons. The van der Waals surface area contributed by atoms with Crippen LogP contribution in [0.5, 0.6) is 0 Å². The Morgan fingerprint density at radius 2 is 1.56 bits per heavy atom. The predicted molar refractivity (Wildman–Crippen MR) is 102 cm³/mol. The van der Waals surface area contributed by atoms with Crippen LogP contribution >= 0.6 is 0 Å². The fourth-order valence-electron chi connectivity index (χ4n) is 5.71. The van der Waals surface area contributed by atoms with E-state index >= 15 is 0 Å². The summed E-state index contributed by atoms with van der Waals surface area (Å²) in [7, 11) is 4.06. The minimum absolute atomic E-state index is 0.132. The summed E-state index contributed by atoms with van der Waals surface area (Å²) in [5.41, 5.74) is 5.86. The molecule has 0 aliphatic heterocycles. The first-order valence-corrected chi connectivity index (χ1v) is 9.58. The molecular formula is C21H29N3O. The van der Waals surface area contributed by atoms with Crippen molar-refractivity contribution >= 4 is 17.3 Å². The van der Waals surface area contributed by atoms with Crippen molar-refractivity contribution in [3.63, 3.8) is 0 Å². The van der Waals surface area contributed by atoms with Crippen LogP contribution in [-0.2, 0) is 4.79 Å². The highest BCUT2D eigenvalue weighted by Crippen LogP contribution is 2.60. The van der Waals surface area contributed by atoms with Crippen molar-refractivity contribution in [2.75, 3.05) is 19.0 Å². The van der Waals surface area contributed by atoms with Gasteiger partial charge in [-0.15, -0.1) is 0 Å². The second kappa shape index (κ2) is 6.15. The molecule has 0 radical (unpaired) electrons. The van der Waals surface area contributed by atoms with Crippen LogP contribution in [0.2, 0.25) is 0 Å². The average molecular weight is 339 g/mol. The van der Waals surface area contributed by atoms with Crippen molar-refractivity contribution in [1.82, 2.24) is 5.43 Å². The number of hydrogen-bond donors (Lipinski definition) is 1. The van der Waals surface area contributed by atoms with Crippen LogP contribution in [0.25, 0.3) is 0 Å². The molecule has 0 atom stereocenters. The molecule has 1 amide bonds. The molecule has 25 heavy (non-hydrogen) atoms. The molecule has 4 aliphatic rings. The van der Waals surface area contributed by atoms with Gasteiger partial charge in [0.05, 0.1) is 11.1 Å². The van der Waals surface area contributed by atoms with E-state index in [0.717, 1.165) is 54.0 Å². The molecule has 0 aromatic heterocycles. The Morgan fingerprint density at radius 3 is 2.04 bits per heavy atom. The van der Waals surface area contributed by atoms with Gasteiger partial charge in [-0.25, -0.2) is 5.43 Å². The molecule has 4 fully saturated rings. The Morgan fingerprint density at radius 1 is 1.04 bits per heavy atom. The SMILES string of the molecule is C/C(=N\NC(=O)C12CC3CC(CC(C3)C1)C2)c1ccc(N(C)C)cc1. The van der Waals surface area contributed by atoms with Gasteiger partial charge in [-0.2, -0.15) is 5.10 Å². The average Bonchev–Trinajstić information content (AvgIpc) is 2.58. The third kappa shape index (κ3) is 3.07.